The number of benzene rings is 2. The molecule has 7 heteroatoms. The maximum Gasteiger partial charge on any atom is 0.246 e. The number of thiazole rings is 1. The Kier molecular flexibility index (Phi) is 6.06. The van der Waals surface area contributed by atoms with Crippen molar-refractivity contribution >= 4 is 35.1 Å². The van der Waals surface area contributed by atoms with E-state index in [0.717, 1.165) is 21.8 Å². The van der Waals surface area contributed by atoms with Crippen LogP contribution in [0.25, 0.3) is 11.3 Å². The Bertz CT molecular complexity index is 950. The highest BCUT2D eigenvalue weighted by Crippen LogP contribution is 2.21. The van der Waals surface area contributed by atoms with Crippen LogP contribution < -0.4 is 10.7 Å². The molecule has 0 bridgehead atoms. The number of carbonyl (C=O) groups is 2. The predicted octanol–water partition coefficient (Wildman–Crippen LogP) is 3.46. The Labute approximate surface area is 161 Å². The van der Waals surface area contributed by atoms with Crippen molar-refractivity contribution in [3.63, 3.8) is 0 Å². The van der Waals surface area contributed by atoms with E-state index in [1.54, 1.807) is 30.5 Å². The van der Waals surface area contributed by atoms with Gasteiger partial charge in [0.1, 0.15) is 5.01 Å². The molecule has 0 unspecified atom stereocenters. The molecular weight excluding hydrogens is 360 g/mol. The monoisotopic (exact) mass is 378 g/mol. The van der Waals surface area contributed by atoms with Gasteiger partial charge in [0.2, 0.25) is 11.8 Å². The molecule has 0 saturated heterocycles. The summed E-state index contributed by atoms with van der Waals surface area (Å²) in [6.45, 7) is 1.45. The minimum atomic E-state index is -0.227. The Morgan fingerprint density at radius 1 is 1.11 bits per heavy atom. The Morgan fingerprint density at radius 2 is 1.85 bits per heavy atom. The molecule has 136 valence electrons. The predicted molar refractivity (Wildman–Crippen MR) is 108 cm³/mol. The van der Waals surface area contributed by atoms with Gasteiger partial charge in [-0.05, 0) is 17.7 Å². The summed E-state index contributed by atoms with van der Waals surface area (Å²) in [5, 5.41) is 9.33. The highest BCUT2D eigenvalue weighted by atomic mass is 32.1. The molecule has 0 saturated carbocycles. The third-order valence-corrected chi connectivity index (χ3v) is 4.42. The smallest absolute Gasteiger partial charge is 0.246 e. The first-order valence-corrected chi connectivity index (χ1v) is 9.17. The second kappa shape index (κ2) is 8.86. The fourth-order valence-corrected chi connectivity index (χ4v) is 3.15. The van der Waals surface area contributed by atoms with Crippen LogP contribution in [0, 0.1) is 0 Å². The van der Waals surface area contributed by atoms with E-state index in [1.807, 2.05) is 35.7 Å². The van der Waals surface area contributed by atoms with Crippen molar-refractivity contribution in [2.45, 2.75) is 13.3 Å². The molecule has 0 spiro atoms. The number of hydrogen-bond acceptors (Lipinski definition) is 5. The standard InChI is InChI=1S/C20H18N4O2S/c1-14(25)22-17-9-7-15(8-10-17)12-21-24-19(26)11-20-23-18(13-27-20)16-5-3-2-4-6-16/h2-10,12-13H,11H2,1H3,(H,22,25)(H,24,26)/b21-12-. The molecule has 0 atom stereocenters. The zero-order chi connectivity index (χ0) is 19.1. The van der Waals surface area contributed by atoms with Gasteiger partial charge < -0.3 is 5.32 Å². The van der Waals surface area contributed by atoms with Gasteiger partial charge in [0, 0.05) is 23.6 Å². The Hall–Kier alpha value is -3.32. The van der Waals surface area contributed by atoms with Crippen molar-refractivity contribution in [2.24, 2.45) is 5.10 Å². The molecule has 0 aliphatic carbocycles. The second-order valence-electron chi connectivity index (χ2n) is 5.77. The topological polar surface area (TPSA) is 83.5 Å². The molecule has 0 radical (unpaired) electrons. The number of anilines is 1. The van der Waals surface area contributed by atoms with Crippen LogP contribution in [0.5, 0.6) is 0 Å². The molecule has 2 aromatic carbocycles. The fraction of sp³-hybridized carbons (Fsp3) is 0.100. The number of rotatable bonds is 6. The average molecular weight is 378 g/mol. The van der Waals surface area contributed by atoms with Crippen LogP contribution in [0.4, 0.5) is 5.69 Å². The molecule has 1 heterocycles. The molecule has 1 aromatic heterocycles. The van der Waals surface area contributed by atoms with Gasteiger partial charge in [-0.2, -0.15) is 5.10 Å². The number of aromatic nitrogens is 1. The zero-order valence-electron chi connectivity index (χ0n) is 14.7. The lowest BCUT2D eigenvalue weighted by Crippen LogP contribution is -2.19. The van der Waals surface area contributed by atoms with E-state index < -0.39 is 0 Å². The third kappa shape index (κ3) is 5.58. The number of nitrogens with one attached hydrogen (secondary N) is 2. The van der Waals surface area contributed by atoms with Gasteiger partial charge >= 0.3 is 0 Å². The van der Waals surface area contributed by atoms with Gasteiger partial charge in [-0.15, -0.1) is 11.3 Å². The fourth-order valence-electron chi connectivity index (χ4n) is 2.35. The molecule has 0 fully saturated rings. The lowest BCUT2D eigenvalue weighted by molar-refractivity contribution is -0.120. The molecule has 3 aromatic rings. The zero-order valence-corrected chi connectivity index (χ0v) is 15.5. The average Bonchev–Trinajstić information content (AvgIpc) is 3.12. The van der Waals surface area contributed by atoms with Crippen LogP contribution in [0.2, 0.25) is 0 Å². The maximum absolute atomic E-state index is 12.0. The third-order valence-electron chi connectivity index (χ3n) is 3.57. The number of hydrogen-bond donors (Lipinski definition) is 2. The minimum Gasteiger partial charge on any atom is -0.326 e. The Morgan fingerprint density at radius 3 is 2.56 bits per heavy atom. The molecule has 2 amide bonds. The van der Waals surface area contributed by atoms with Gasteiger partial charge in [0.05, 0.1) is 18.3 Å². The largest absolute Gasteiger partial charge is 0.326 e. The molecular formula is C20H18N4O2S. The lowest BCUT2D eigenvalue weighted by Gasteiger charge is -2.01. The molecule has 0 aliphatic rings. The minimum absolute atomic E-state index is 0.124. The van der Waals surface area contributed by atoms with Crippen LogP contribution in [-0.2, 0) is 16.0 Å². The van der Waals surface area contributed by atoms with Crippen molar-refractivity contribution in [1.82, 2.24) is 10.4 Å². The van der Waals surface area contributed by atoms with Crippen LogP contribution in [0.1, 0.15) is 17.5 Å². The SMILES string of the molecule is CC(=O)Nc1ccc(/C=N\NC(=O)Cc2nc(-c3ccccc3)cs2)cc1. The number of hydrazone groups is 1. The number of carbonyl (C=O) groups excluding carboxylic acids is 2. The highest BCUT2D eigenvalue weighted by Gasteiger charge is 2.08. The Balaban J connectivity index is 1.52. The van der Waals surface area contributed by atoms with E-state index in [9.17, 15) is 9.59 Å². The van der Waals surface area contributed by atoms with Crippen molar-refractivity contribution in [3.8, 4) is 11.3 Å². The first kappa shape index (κ1) is 18.5. The second-order valence-corrected chi connectivity index (χ2v) is 6.71. The van der Waals surface area contributed by atoms with E-state index in [-0.39, 0.29) is 18.2 Å². The first-order chi connectivity index (χ1) is 13.1. The van der Waals surface area contributed by atoms with Crippen LogP contribution in [-0.4, -0.2) is 23.0 Å². The molecule has 3 rings (SSSR count). The van der Waals surface area contributed by atoms with Crippen molar-refractivity contribution in [2.75, 3.05) is 5.32 Å². The van der Waals surface area contributed by atoms with Crippen molar-refractivity contribution in [3.05, 3.63) is 70.5 Å². The van der Waals surface area contributed by atoms with Gasteiger partial charge in [0.15, 0.2) is 0 Å². The summed E-state index contributed by atoms with van der Waals surface area (Å²) >= 11 is 1.45. The van der Waals surface area contributed by atoms with E-state index >= 15 is 0 Å². The van der Waals surface area contributed by atoms with Crippen molar-refractivity contribution < 1.29 is 9.59 Å². The molecule has 0 aliphatic heterocycles. The summed E-state index contributed by atoms with van der Waals surface area (Å²) in [6, 6.07) is 17.0. The van der Waals surface area contributed by atoms with E-state index in [0.29, 0.717) is 5.69 Å². The quantitative estimate of drug-likeness (QED) is 0.509. The van der Waals surface area contributed by atoms with Gasteiger partial charge in [-0.1, -0.05) is 42.5 Å². The van der Waals surface area contributed by atoms with Gasteiger partial charge in [-0.25, -0.2) is 10.4 Å². The first-order valence-electron chi connectivity index (χ1n) is 8.29. The van der Waals surface area contributed by atoms with Gasteiger partial charge in [0.25, 0.3) is 0 Å². The maximum atomic E-state index is 12.0. The van der Waals surface area contributed by atoms with E-state index in [1.165, 1.54) is 18.3 Å². The summed E-state index contributed by atoms with van der Waals surface area (Å²) in [5.41, 5.74) is 5.92. The number of amides is 2. The summed E-state index contributed by atoms with van der Waals surface area (Å²) in [7, 11) is 0. The van der Waals surface area contributed by atoms with Gasteiger partial charge in [-0.3, -0.25) is 9.59 Å². The molecule has 27 heavy (non-hydrogen) atoms. The summed E-state index contributed by atoms with van der Waals surface area (Å²) in [4.78, 5) is 27.5. The normalized spacial score (nSPS) is 10.7. The summed E-state index contributed by atoms with van der Waals surface area (Å²) < 4.78 is 0. The summed E-state index contributed by atoms with van der Waals surface area (Å²) in [6.07, 6.45) is 1.73. The molecule has 6 nitrogen and oxygen atoms in total. The van der Waals surface area contributed by atoms with Crippen LogP contribution in [0.15, 0.2) is 65.1 Å². The van der Waals surface area contributed by atoms with Crippen LogP contribution >= 0.6 is 11.3 Å². The highest BCUT2D eigenvalue weighted by molar-refractivity contribution is 7.10. The van der Waals surface area contributed by atoms with E-state index in [4.69, 9.17) is 0 Å². The molecule has 2 N–H and O–H groups in total. The summed E-state index contributed by atoms with van der Waals surface area (Å²) in [5.74, 6) is -0.351. The lowest BCUT2D eigenvalue weighted by atomic mass is 10.2. The van der Waals surface area contributed by atoms with Crippen molar-refractivity contribution in [1.29, 1.82) is 0 Å². The van der Waals surface area contributed by atoms with E-state index in [2.05, 4.69) is 20.8 Å². The number of nitrogens with zero attached hydrogens (tertiary/aromatic N) is 2. The van der Waals surface area contributed by atoms with Crippen LogP contribution in [0.3, 0.4) is 0 Å².